The largest absolute Gasteiger partial charge is 0.368 e. The zero-order chi connectivity index (χ0) is 13.5. The maximum absolute atomic E-state index is 6.28. The van der Waals surface area contributed by atoms with E-state index in [1.807, 2.05) is 6.20 Å². The topological polar surface area (TPSA) is 28.2 Å². The highest BCUT2D eigenvalue weighted by molar-refractivity contribution is 6.34. The summed E-state index contributed by atoms with van der Waals surface area (Å²) in [4.78, 5) is 6.92. The molecular weight excluding hydrogens is 270 g/mol. The van der Waals surface area contributed by atoms with Crippen LogP contribution >= 0.6 is 11.6 Å². The molecule has 1 aromatic heterocycles. The van der Waals surface area contributed by atoms with Crippen LogP contribution in [0.2, 0.25) is 5.15 Å². The zero-order valence-corrected chi connectivity index (χ0v) is 12.2. The fraction of sp³-hybridized carbons (Fsp3) is 0.438. The van der Waals surface area contributed by atoms with E-state index in [4.69, 9.17) is 11.6 Å². The molecule has 2 aromatic rings. The number of nitrogens with one attached hydrogen (secondary N) is 1. The Labute approximate surface area is 123 Å². The third kappa shape index (κ3) is 1.88. The molecule has 0 amide bonds. The van der Waals surface area contributed by atoms with Crippen molar-refractivity contribution in [3.8, 4) is 0 Å². The minimum Gasteiger partial charge on any atom is -0.368 e. The average molecular weight is 288 g/mol. The van der Waals surface area contributed by atoms with Gasteiger partial charge < -0.3 is 10.2 Å². The van der Waals surface area contributed by atoms with Gasteiger partial charge in [-0.2, -0.15) is 0 Å². The van der Waals surface area contributed by atoms with E-state index in [1.165, 1.54) is 29.5 Å². The molecule has 3 nitrogen and oxygen atoms in total. The fourth-order valence-corrected chi connectivity index (χ4v) is 3.81. The lowest BCUT2D eigenvalue weighted by molar-refractivity contribution is 0.429. The van der Waals surface area contributed by atoms with Crippen LogP contribution in [-0.4, -0.2) is 30.7 Å². The molecule has 4 rings (SSSR count). The van der Waals surface area contributed by atoms with Crippen molar-refractivity contribution in [1.29, 1.82) is 0 Å². The molecule has 0 saturated carbocycles. The molecule has 2 aliphatic rings. The summed E-state index contributed by atoms with van der Waals surface area (Å²) in [5, 5.41) is 6.49. The van der Waals surface area contributed by atoms with E-state index in [2.05, 4.69) is 33.4 Å². The number of aromatic nitrogens is 1. The van der Waals surface area contributed by atoms with Gasteiger partial charge in [-0.3, -0.25) is 0 Å². The molecule has 0 spiro atoms. The third-order valence-electron chi connectivity index (χ3n) is 4.60. The van der Waals surface area contributed by atoms with Gasteiger partial charge in [-0.15, -0.1) is 0 Å². The number of hydrogen-bond donors (Lipinski definition) is 1. The maximum atomic E-state index is 6.28. The Balaban J connectivity index is 1.85. The molecule has 3 heterocycles. The van der Waals surface area contributed by atoms with Crippen molar-refractivity contribution in [1.82, 2.24) is 10.3 Å². The zero-order valence-electron chi connectivity index (χ0n) is 11.4. The van der Waals surface area contributed by atoms with Gasteiger partial charge in [0, 0.05) is 35.2 Å². The molecule has 20 heavy (non-hydrogen) atoms. The molecule has 0 atom stereocenters. The van der Waals surface area contributed by atoms with Gasteiger partial charge in [-0.25, -0.2) is 4.98 Å². The third-order valence-corrected chi connectivity index (χ3v) is 4.90. The van der Waals surface area contributed by atoms with Crippen molar-refractivity contribution >= 4 is 28.1 Å². The van der Waals surface area contributed by atoms with Crippen LogP contribution in [0.5, 0.6) is 0 Å². The number of rotatable bonds is 1. The molecule has 1 saturated heterocycles. The molecule has 0 bridgehead atoms. The van der Waals surface area contributed by atoms with Crippen molar-refractivity contribution < 1.29 is 0 Å². The Morgan fingerprint density at radius 1 is 1.25 bits per heavy atom. The van der Waals surface area contributed by atoms with Crippen molar-refractivity contribution in [2.24, 2.45) is 0 Å². The SMILES string of the molecule is Clc1ncc2c3c(cccc13)N(C1CCNCC1)CC2. The lowest BCUT2D eigenvalue weighted by Gasteiger charge is -2.39. The molecule has 1 fully saturated rings. The van der Waals surface area contributed by atoms with Gasteiger partial charge in [-0.1, -0.05) is 23.7 Å². The monoisotopic (exact) mass is 287 g/mol. The van der Waals surface area contributed by atoms with Crippen molar-refractivity contribution in [2.45, 2.75) is 25.3 Å². The van der Waals surface area contributed by atoms with E-state index in [-0.39, 0.29) is 0 Å². The van der Waals surface area contributed by atoms with Crippen molar-refractivity contribution in [2.75, 3.05) is 24.5 Å². The number of anilines is 1. The Morgan fingerprint density at radius 3 is 2.95 bits per heavy atom. The van der Waals surface area contributed by atoms with E-state index in [9.17, 15) is 0 Å². The van der Waals surface area contributed by atoms with Crippen LogP contribution in [0, 0.1) is 0 Å². The van der Waals surface area contributed by atoms with Crippen LogP contribution in [0.4, 0.5) is 5.69 Å². The van der Waals surface area contributed by atoms with Crippen molar-refractivity contribution in [3.05, 3.63) is 35.1 Å². The molecule has 1 aromatic carbocycles. The molecular formula is C16H18ClN3. The van der Waals surface area contributed by atoms with Gasteiger partial charge in [-0.05, 0) is 44.0 Å². The Bertz CT molecular complexity index is 649. The minimum atomic E-state index is 0.623. The number of piperidine rings is 1. The molecule has 2 aliphatic heterocycles. The highest BCUT2D eigenvalue weighted by Gasteiger charge is 2.26. The highest BCUT2D eigenvalue weighted by atomic mass is 35.5. The predicted molar refractivity (Wildman–Crippen MR) is 83.7 cm³/mol. The summed E-state index contributed by atoms with van der Waals surface area (Å²) in [6.45, 7) is 3.35. The normalized spacial score (nSPS) is 19.6. The molecule has 0 aliphatic carbocycles. The van der Waals surface area contributed by atoms with Gasteiger partial charge >= 0.3 is 0 Å². The molecule has 0 radical (unpaired) electrons. The smallest absolute Gasteiger partial charge is 0.136 e. The summed E-state index contributed by atoms with van der Waals surface area (Å²) in [7, 11) is 0. The number of halogens is 1. The van der Waals surface area contributed by atoms with Crippen LogP contribution in [0.1, 0.15) is 18.4 Å². The van der Waals surface area contributed by atoms with E-state index >= 15 is 0 Å². The van der Waals surface area contributed by atoms with Crippen LogP contribution < -0.4 is 10.2 Å². The fourth-order valence-electron chi connectivity index (χ4n) is 3.61. The van der Waals surface area contributed by atoms with E-state index in [0.29, 0.717) is 11.2 Å². The van der Waals surface area contributed by atoms with Gasteiger partial charge in [0.2, 0.25) is 0 Å². The van der Waals surface area contributed by atoms with Gasteiger partial charge in [0.15, 0.2) is 0 Å². The second-order valence-electron chi connectivity index (χ2n) is 5.70. The molecule has 1 N–H and O–H groups in total. The van der Waals surface area contributed by atoms with Gasteiger partial charge in [0.05, 0.1) is 0 Å². The number of pyridine rings is 1. The molecule has 4 heteroatoms. The van der Waals surface area contributed by atoms with E-state index in [1.54, 1.807) is 0 Å². The Kier molecular flexibility index (Phi) is 3.04. The number of benzene rings is 1. The summed E-state index contributed by atoms with van der Waals surface area (Å²) >= 11 is 6.28. The van der Waals surface area contributed by atoms with Crippen LogP contribution in [0.15, 0.2) is 24.4 Å². The van der Waals surface area contributed by atoms with Crippen LogP contribution in [0.3, 0.4) is 0 Å². The predicted octanol–water partition coefficient (Wildman–Crippen LogP) is 3.00. The second-order valence-corrected chi connectivity index (χ2v) is 6.06. The highest BCUT2D eigenvalue weighted by Crippen LogP contribution is 2.38. The first-order valence-electron chi connectivity index (χ1n) is 7.38. The van der Waals surface area contributed by atoms with E-state index < -0.39 is 0 Å². The summed E-state index contributed by atoms with van der Waals surface area (Å²) in [6, 6.07) is 7.09. The minimum absolute atomic E-state index is 0.623. The van der Waals surface area contributed by atoms with Crippen LogP contribution in [-0.2, 0) is 6.42 Å². The van der Waals surface area contributed by atoms with Crippen LogP contribution in [0.25, 0.3) is 10.8 Å². The maximum Gasteiger partial charge on any atom is 0.136 e. The Hall–Kier alpha value is -1.32. The average Bonchev–Trinajstić information content (AvgIpc) is 2.52. The second kappa shape index (κ2) is 4.90. The quantitative estimate of drug-likeness (QED) is 0.817. The molecule has 104 valence electrons. The Morgan fingerprint density at radius 2 is 2.10 bits per heavy atom. The summed E-state index contributed by atoms with van der Waals surface area (Å²) in [5.41, 5.74) is 2.69. The van der Waals surface area contributed by atoms with Gasteiger partial charge in [0.25, 0.3) is 0 Å². The van der Waals surface area contributed by atoms with Crippen molar-refractivity contribution in [3.63, 3.8) is 0 Å². The number of hydrogen-bond acceptors (Lipinski definition) is 3. The molecule has 0 unspecified atom stereocenters. The lowest BCUT2D eigenvalue weighted by atomic mass is 9.95. The summed E-state index contributed by atoms with van der Waals surface area (Å²) in [5.74, 6) is 0. The summed E-state index contributed by atoms with van der Waals surface area (Å²) < 4.78 is 0. The first-order valence-corrected chi connectivity index (χ1v) is 7.76. The number of nitrogens with zero attached hydrogens (tertiary/aromatic N) is 2. The van der Waals surface area contributed by atoms with Gasteiger partial charge in [0.1, 0.15) is 5.15 Å². The van der Waals surface area contributed by atoms with E-state index in [0.717, 1.165) is 31.4 Å². The first-order chi connectivity index (χ1) is 9.84. The first kappa shape index (κ1) is 12.4. The summed E-state index contributed by atoms with van der Waals surface area (Å²) in [6.07, 6.45) is 5.48. The standard InChI is InChI=1S/C16H18ClN3/c17-16-13-2-1-3-14-15(13)11(10-19-16)6-9-20(14)12-4-7-18-8-5-12/h1-3,10,12,18H,4-9H2. The lowest BCUT2D eigenvalue weighted by Crippen LogP contribution is -2.45.